The average molecular weight is 222 g/mol. The second-order valence-corrected chi connectivity index (χ2v) is 3.19. The maximum absolute atomic E-state index is 10.8. The minimum atomic E-state index is -0.382. The fourth-order valence-electron chi connectivity index (χ4n) is 0.861. The molecule has 0 fully saturated rings. The van der Waals surface area contributed by atoms with Crippen LogP contribution in [0.4, 0.5) is 5.69 Å². The molecule has 0 radical (unpaired) electrons. The molecule has 5 heteroatoms. The van der Waals surface area contributed by atoms with Crippen molar-refractivity contribution in [1.82, 2.24) is 0 Å². The Balaban J connectivity index is 2.80. The smallest absolute Gasteiger partial charge is 0.203 e. The van der Waals surface area contributed by atoms with E-state index >= 15 is 0 Å². The summed E-state index contributed by atoms with van der Waals surface area (Å²) < 4.78 is 0. The molecule has 0 spiro atoms. The first kappa shape index (κ1) is 11.2. The molecule has 1 aromatic carbocycles. The minimum absolute atomic E-state index is 0.171. The Bertz CT molecular complexity index is 448. The number of hydrogen-bond acceptors (Lipinski definition) is 4. The van der Waals surface area contributed by atoms with Crippen LogP contribution in [0, 0.1) is 11.3 Å². The van der Waals surface area contributed by atoms with Gasteiger partial charge in [0.1, 0.15) is 6.07 Å². The Kier molecular flexibility index (Phi) is 3.83. The van der Waals surface area contributed by atoms with Gasteiger partial charge < -0.3 is 0 Å². The molecule has 76 valence electrons. The zero-order valence-electron chi connectivity index (χ0n) is 7.99. The number of hydrogen-bond donors (Lipinski definition) is 1. The lowest BCUT2D eigenvalue weighted by atomic mass is 10.3. The molecular formula is C10H8ClN3O. The normalized spacial score (nSPS) is 10.6. The van der Waals surface area contributed by atoms with Crippen molar-refractivity contribution in [3.05, 3.63) is 29.3 Å². The van der Waals surface area contributed by atoms with Crippen LogP contribution in [0.5, 0.6) is 0 Å². The first-order valence-corrected chi connectivity index (χ1v) is 4.51. The van der Waals surface area contributed by atoms with Crippen LogP contribution in [-0.2, 0) is 4.79 Å². The summed E-state index contributed by atoms with van der Waals surface area (Å²) in [5, 5.41) is 12.8. The van der Waals surface area contributed by atoms with Crippen molar-refractivity contribution >= 4 is 28.8 Å². The Morgan fingerprint density at radius 1 is 1.60 bits per heavy atom. The first-order valence-electron chi connectivity index (χ1n) is 4.14. The fraction of sp³-hybridized carbons (Fsp3) is 0.100. The Hall–Kier alpha value is -1.86. The number of anilines is 1. The molecule has 0 heterocycles. The summed E-state index contributed by atoms with van der Waals surface area (Å²) >= 11 is 5.74. The van der Waals surface area contributed by atoms with E-state index in [9.17, 15) is 4.79 Å². The van der Waals surface area contributed by atoms with Gasteiger partial charge in [0.15, 0.2) is 5.78 Å². The molecular weight excluding hydrogens is 214 g/mol. The highest BCUT2D eigenvalue weighted by molar-refractivity contribution is 6.45. The molecule has 0 saturated carbocycles. The lowest BCUT2D eigenvalue weighted by Gasteiger charge is -2.00. The number of carbonyl (C=O) groups is 1. The third-order valence-electron chi connectivity index (χ3n) is 1.56. The molecule has 0 saturated heterocycles. The van der Waals surface area contributed by atoms with Crippen molar-refractivity contribution in [2.24, 2.45) is 5.10 Å². The van der Waals surface area contributed by atoms with Crippen LogP contribution >= 0.6 is 11.6 Å². The van der Waals surface area contributed by atoms with Gasteiger partial charge in [0, 0.05) is 11.9 Å². The van der Waals surface area contributed by atoms with Gasteiger partial charge in [0.05, 0.1) is 5.69 Å². The number of ketones is 1. The second kappa shape index (κ2) is 5.13. The van der Waals surface area contributed by atoms with Gasteiger partial charge in [-0.1, -0.05) is 17.7 Å². The van der Waals surface area contributed by atoms with Crippen LogP contribution in [0.1, 0.15) is 6.92 Å². The zero-order chi connectivity index (χ0) is 11.3. The average Bonchev–Trinajstić information content (AvgIpc) is 2.18. The third-order valence-corrected chi connectivity index (χ3v) is 1.80. The van der Waals surface area contributed by atoms with Gasteiger partial charge in [-0.3, -0.25) is 10.2 Å². The molecule has 15 heavy (non-hydrogen) atoms. The van der Waals surface area contributed by atoms with E-state index in [4.69, 9.17) is 16.9 Å². The number of nitriles is 1. The fourth-order valence-corrected chi connectivity index (χ4v) is 1.05. The Morgan fingerprint density at radius 2 is 2.33 bits per heavy atom. The van der Waals surface area contributed by atoms with E-state index in [1.807, 2.05) is 0 Å². The highest BCUT2D eigenvalue weighted by Crippen LogP contribution is 2.14. The summed E-state index contributed by atoms with van der Waals surface area (Å²) in [7, 11) is 0. The van der Waals surface area contributed by atoms with Crippen LogP contribution in [0.2, 0.25) is 5.02 Å². The predicted octanol–water partition coefficient (Wildman–Crippen LogP) is 2.22. The van der Waals surface area contributed by atoms with Crippen LogP contribution < -0.4 is 5.43 Å². The monoisotopic (exact) mass is 221 g/mol. The topological polar surface area (TPSA) is 65.2 Å². The van der Waals surface area contributed by atoms with E-state index in [0.29, 0.717) is 10.7 Å². The molecule has 0 aliphatic heterocycles. The van der Waals surface area contributed by atoms with Gasteiger partial charge in [0.25, 0.3) is 0 Å². The van der Waals surface area contributed by atoms with Gasteiger partial charge in [-0.15, -0.1) is 0 Å². The van der Waals surface area contributed by atoms with Gasteiger partial charge in [-0.05, 0) is 18.2 Å². The predicted molar refractivity (Wildman–Crippen MR) is 58.8 cm³/mol. The number of nitrogens with zero attached hydrogens (tertiary/aromatic N) is 2. The van der Waals surface area contributed by atoms with Crippen LogP contribution in [0.3, 0.4) is 0 Å². The molecule has 1 rings (SSSR count). The maximum Gasteiger partial charge on any atom is 0.203 e. The maximum atomic E-state index is 10.8. The molecule has 0 unspecified atom stereocenters. The van der Waals surface area contributed by atoms with Crippen molar-refractivity contribution in [1.29, 1.82) is 5.26 Å². The van der Waals surface area contributed by atoms with Crippen molar-refractivity contribution in [3.8, 4) is 6.07 Å². The van der Waals surface area contributed by atoms with E-state index in [1.165, 1.54) is 6.92 Å². The van der Waals surface area contributed by atoms with Crippen LogP contribution in [0.15, 0.2) is 29.4 Å². The SMILES string of the molecule is CC(=O)/C(C#N)=N/Nc1cccc(Cl)c1. The largest absolute Gasteiger partial charge is 0.292 e. The highest BCUT2D eigenvalue weighted by atomic mass is 35.5. The van der Waals surface area contributed by atoms with Crippen LogP contribution in [0.25, 0.3) is 0 Å². The Labute approximate surface area is 92.2 Å². The second-order valence-electron chi connectivity index (χ2n) is 2.75. The van der Waals surface area contributed by atoms with Gasteiger partial charge >= 0.3 is 0 Å². The van der Waals surface area contributed by atoms with E-state index in [0.717, 1.165) is 0 Å². The van der Waals surface area contributed by atoms with Crippen molar-refractivity contribution in [3.63, 3.8) is 0 Å². The number of halogens is 1. The number of hydrazone groups is 1. The van der Waals surface area contributed by atoms with Crippen molar-refractivity contribution in [2.75, 3.05) is 5.43 Å². The van der Waals surface area contributed by atoms with E-state index in [2.05, 4.69) is 10.5 Å². The Morgan fingerprint density at radius 3 is 2.87 bits per heavy atom. The molecule has 0 aliphatic carbocycles. The molecule has 0 bridgehead atoms. The number of Topliss-reactive ketones (excluding diaryl/α,β-unsaturated/α-hetero) is 1. The molecule has 1 N–H and O–H groups in total. The summed E-state index contributed by atoms with van der Waals surface area (Å²) in [6, 6.07) is 8.51. The quantitative estimate of drug-likeness (QED) is 0.629. The summed E-state index contributed by atoms with van der Waals surface area (Å²) in [6.07, 6.45) is 0. The van der Waals surface area contributed by atoms with Gasteiger partial charge in [-0.2, -0.15) is 10.4 Å². The summed E-state index contributed by atoms with van der Waals surface area (Å²) in [4.78, 5) is 10.8. The van der Waals surface area contributed by atoms with Gasteiger partial charge in [0.2, 0.25) is 5.71 Å². The number of nitrogens with one attached hydrogen (secondary N) is 1. The van der Waals surface area contributed by atoms with E-state index < -0.39 is 0 Å². The molecule has 0 aliphatic rings. The summed E-state index contributed by atoms with van der Waals surface area (Å²) in [6.45, 7) is 1.28. The van der Waals surface area contributed by atoms with E-state index in [1.54, 1.807) is 30.3 Å². The first-order chi connectivity index (χ1) is 7.13. The molecule has 0 amide bonds. The minimum Gasteiger partial charge on any atom is -0.292 e. The molecule has 1 aromatic rings. The van der Waals surface area contributed by atoms with Crippen molar-refractivity contribution in [2.45, 2.75) is 6.92 Å². The van der Waals surface area contributed by atoms with Gasteiger partial charge in [-0.25, -0.2) is 0 Å². The number of benzene rings is 1. The van der Waals surface area contributed by atoms with E-state index in [-0.39, 0.29) is 11.5 Å². The number of rotatable bonds is 3. The molecule has 0 aromatic heterocycles. The molecule has 4 nitrogen and oxygen atoms in total. The lowest BCUT2D eigenvalue weighted by molar-refractivity contribution is -0.110. The number of carbonyl (C=O) groups excluding carboxylic acids is 1. The summed E-state index contributed by atoms with van der Waals surface area (Å²) in [5.74, 6) is -0.382. The van der Waals surface area contributed by atoms with Crippen molar-refractivity contribution < 1.29 is 4.79 Å². The lowest BCUT2D eigenvalue weighted by Crippen LogP contribution is -2.09. The highest BCUT2D eigenvalue weighted by Gasteiger charge is 2.03. The molecule has 0 atom stereocenters. The standard InChI is InChI=1S/C10H8ClN3O/c1-7(15)10(6-12)14-13-9-4-2-3-8(11)5-9/h2-5,13H,1H3/b14-10+. The zero-order valence-corrected chi connectivity index (χ0v) is 8.75. The van der Waals surface area contributed by atoms with Crippen LogP contribution in [-0.4, -0.2) is 11.5 Å². The summed E-state index contributed by atoms with van der Waals surface area (Å²) in [5.41, 5.74) is 3.03. The third kappa shape index (κ3) is 3.41.